The molecule has 0 spiro atoms. The van der Waals surface area contributed by atoms with E-state index < -0.39 is 83.8 Å². The van der Waals surface area contributed by atoms with Gasteiger partial charge in [-0.25, -0.2) is 8.98 Å². The van der Waals surface area contributed by atoms with Gasteiger partial charge in [0.15, 0.2) is 18.7 Å². The number of aliphatic hydroxyl groups is 3. The molecular formula is C15H25NO15S. The van der Waals surface area contributed by atoms with Crippen LogP contribution in [-0.2, 0) is 47.9 Å². The van der Waals surface area contributed by atoms with Crippen molar-refractivity contribution >= 4 is 22.3 Å². The Balaban J connectivity index is 2.37. The van der Waals surface area contributed by atoms with Crippen molar-refractivity contribution in [1.29, 1.82) is 0 Å². The first-order chi connectivity index (χ1) is 14.8. The Labute approximate surface area is 181 Å². The van der Waals surface area contributed by atoms with Crippen LogP contribution in [0, 0.1) is 0 Å². The molecule has 17 heteroatoms. The lowest BCUT2D eigenvalue weighted by Crippen LogP contribution is -2.68. The van der Waals surface area contributed by atoms with Gasteiger partial charge in [0.05, 0.1) is 0 Å². The van der Waals surface area contributed by atoms with Crippen molar-refractivity contribution in [2.75, 3.05) is 14.2 Å². The van der Waals surface area contributed by atoms with Crippen molar-refractivity contribution in [3.63, 3.8) is 0 Å². The molecule has 10 atom stereocenters. The van der Waals surface area contributed by atoms with Gasteiger partial charge in [0.1, 0.15) is 36.6 Å². The summed E-state index contributed by atoms with van der Waals surface area (Å²) in [6.45, 7) is 1.09. The number of aliphatic hydroxyl groups excluding tert-OH is 3. The number of carboxylic acids is 1. The number of carbonyl (C=O) groups is 2. The third kappa shape index (κ3) is 6.08. The Morgan fingerprint density at radius 1 is 0.906 bits per heavy atom. The number of hydrogen-bond acceptors (Lipinski definition) is 13. The summed E-state index contributed by atoms with van der Waals surface area (Å²) in [7, 11) is -2.96. The van der Waals surface area contributed by atoms with Crippen LogP contribution >= 0.6 is 0 Å². The molecule has 0 aromatic rings. The van der Waals surface area contributed by atoms with E-state index in [9.17, 15) is 38.4 Å². The van der Waals surface area contributed by atoms with E-state index in [0.717, 1.165) is 21.1 Å². The average molecular weight is 491 g/mol. The number of rotatable bonds is 8. The molecule has 16 nitrogen and oxygen atoms in total. The molecule has 2 saturated heterocycles. The smallest absolute Gasteiger partial charge is 0.399 e. The van der Waals surface area contributed by atoms with E-state index in [1.807, 2.05) is 0 Å². The predicted molar refractivity (Wildman–Crippen MR) is 95.9 cm³/mol. The van der Waals surface area contributed by atoms with Gasteiger partial charge in [0, 0.05) is 21.1 Å². The minimum absolute atomic E-state index is 0.663. The molecule has 2 fully saturated rings. The number of hydrogen-bond donors (Lipinski definition) is 6. The molecule has 186 valence electrons. The molecule has 1 amide bonds. The first-order valence-electron chi connectivity index (χ1n) is 9.02. The second kappa shape index (κ2) is 10.6. The Bertz CT molecular complexity index is 777. The average Bonchev–Trinajstić information content (AvgIpc) is 2.68. The summed E-state index contributed by atoms with van der Waals surface area (Å²) in [6, 6.07) is -1.37. The van der Waals surface area contributed by atoms with E-state index in [1.54, 1.807) is 0 Å². The molecule has 2 heterocycles. The summed E-state index contributed by atoms with van der Waals surface area (Å²) in [4.78, 5) is 23.1. The van der Waals surface area contributed by atoms with Crippen molar-refractivity contribution in [2.45, 2.75) is 68.5 Å². The standard InChI is InChI=1S/C15H25NO15S/c1-4(17)16-5-9(8(20)15(30-13(5)27-3)31-32(23,24)25)28-14-7(19)6(18)10(26-2)11(29-14)12(21)22/h5-11,13-15,18-20H,1-3H3,(H,16,17)(H,21,22)(H,23,24,25)/t5?,6?,7?,8-,9?,10-,11+,13+,14+,15?/m0/s1. The van der Waals surface area contributed by atoms with Crippen LogP contribution in [0.4, 0.5) is 0 Å². The second-order valence-corrected chi connectivity index (χ2v) is 7.94. The monoisotopic (exact) mass is 491 g/mol. The normalized spacial score (nSPS) is 40.6. The van der Waals surface area contributed by atoms with Crippen LogP contribution in [0.2, 0.25) is 0 Å². The van der Waals surface area contributed by atoms with Crippen LogP contribution in [0.5, 0.6) is 0 Å². The van der Waals surface area contributed by atoms with Crippen molar-refractivity contribution in [2.24, 2.45) is 0 Å². The van der Waals surface area contributed by atoms with Crippen molar-refractivity contribution < 1.29 is 70.9 Å². The minimum Gasteiger partial charge on any atom is -0.479 e. The van der Waals surface area contributed by atoms with Gasteiger partial charge in [-0.15, -0.1) is 0 Å². The number of methoxy groups -OCH3 is 2. The highest BCUT2D eigenvalue weighted by atomic mass is 32.3. The quantitative estimate of drug-likeness (QED) is 0.177. The fraction of sp³-hybridized carbons (Fsp3) is 0.867. The number of carbonyl (C=O) groups excluding carboxylic acids is 1. The predicted octanol–water partition coefficient (Wildman–Crippen LogP) is -4.07. The Kier molecular flexibility index (Phi) is 8.87. The molecule has 2 aliphatic rings. The SMILES string of the molecule is CO[C@@H]1OC(OS(=O)(=O)O)[C@@H](O)C(O[C@@H]2O[C@@H](C(=O)O)[C@@H](OC)C(O)C2O)C1NC(C)=O. The zero-order valence-electron chi connectivity index (χ0n) is 17.0. The van der Waals surface area contributed by atoms with Gasteiger partial charge < -0.3 is 49.4 Å². The molecule has 6 N–H and O–H groups in total. The highest BCUT2D eigenvalue weighted by Crippen LogP contribution is 2.31. The number of aliphatic carboxylic acids is 1. The van der Waals surface area contributed by atoms with Gasteiger partial charge in [0.2, 0.25) is 12.2 Å². The van der Waals surface area contributed by atoms with Crippen LogP contribution in [0.1, 0.15) is 6.92 Å². The fourth-order valence-electron chi connectivity index (χ4n) is 3.34. The fourth-order valence-corrected chi connectivity index (χ4v) is 3.74. The molecular weight excluding hydrogens is 466 g/mol. The highest BCUT2D eigenvalue weighted by Gasteiger charge is 2.54. The number of nitrogens with one attached hydrogen (secondary N) is 1. The minimum atomic E-state index is -5.13. The molecule has 2 rings (SSSR count). The van der Waals surface area contributed by atoms with Crippen LogP contribution in [0.25, 0.3) is 0 Å². The summed E-state index contributed by atoms with van der Waals surface area (Å²) < 4.78 is 61.0. The summed E-state index contributed by atoms with van der Waals surface area (Å²) in [6.07, 6.45) is -16.3. The van der Waals surface area contributed by atoms with Gasteiger partial charge >= 0.3 is 16.4 Å². The summed E-state index contributed by atoms with van der Waals surface area (Å²) in [5.74, 6) is -2.23. The second-order valence-electron chi connectivity index (χ2n) is 6.89. The number of amides is 1. The molecule has 0 bridgehead atoms. The van der Waals surface area contributed by atoms with Crippen molar-refractivity contribution in [1.82, 2.24) is 5.32 Å². The molecule has 0 aliphatic carbocycles. The van der Waals surface area contributed by atoms with Crippen LogP contribution in [0.15, 0.2) is 0 Å². The first-order valence-corrected chi connectivity index (χ1v) is 10.4. The lowest BCUT2D eigenvalue weighted by atomic mass is 9.97. The first kappa shape index (κ1) is 26.7. The third-order valence-electron chi connectivity index (χ3n) is 4.70. The van der Waals surface area contributed by atoms with Gasteiger partial charge in [-0.3, -0.25) is 9.35 Å². The summed E-state index contributed by atoms with van der Waals surface area (Å²) >= 11 is 0. The molecule has 0 aromatic heterocycles. The number of carboxylic acid groups (broad SMARTS) is 1. The van der Waals surface area contributed by atoms with Crippen LogP contribution in [0.3, 0.4) is 0 Å². The molecule has 0 radical (unpaired) electrons. The van der Waals surface area contributed by atoms with Crippen molar-refractivity contribution in [3.05, 3.63) is 0 Å². The molecule has 32 heavy (non-hydrogen) atoms. The molecule has 0 saturated carbocycles. The zero-order valence-corrected chi connectivity index (χ0v) is 17.8. The van der Waals surface area contributed by atoms with Gasteiger partial charge in [-0.05, 0) is 0 Å². The maximum atomic E-state index is 11.6. The maximum absolute atomic E-state index is 11.6. The van der Waals surface area contributed by atoms with E-state index >= 15 is 0 Å². The number of ether oxygens (including phenoxy) is 5. The van der Waals surface area contributed by atoms with E-state index in [1.165, 1.54) is 0 Å². The highest BCUT2D eigenvalue weighted by molar-refractivity contribution is 7.80. The molecule has 2 aliphatic heterocycles. The Morgan fingerprint density at radius 2 is 1.53 bits per heavy atom. The summed E-state index contributed by atoms with van der Waals surface area (Å²) in [5, 5.41) is 42.8. The molecule has 5 unspecified atom stereocenters. The van der Waals surface area contributed by atoms with Crippen molar-refractivity contribution in [3.8, 4) is 0 Å². The van der Waals surface area contributed by atoms with Gasteiger partial charge in [-0.1, -0.05) is 0 Å². The van der Waals surface area contributed by atoms with Gasteiger partial charge in [-0.2, -0.15) is 8.42 Å². The third-order valence-corrected chi connectivity index (χ3v) is 5.13. The summed E-state index contributed by atoms with van der Waals surface area (Å²) in [5.41, 5.74) is 0. The van der Waals surface area contributed by atoms with E-state index in [-0.39, 0.29) is 0 Å². The maximum Gasteiger partial charge on any atom is 0.399 e. The van der Waals surface area contributed by atoms with Crippen LogP contribution < -0.4 is 5.32 Å². The zero-order chi connectivity index (χ0) is 24.4. The Hall–Kier alpha value is -1.51. The Morgan fingerprint density at radius 3 is 2.00 bits per heavy atom. The topological polar surface area (TPSA) is 237 Å². The molecule has 0 aromatic carbocycles. The van der Waals surface area contributed by atoms with E-state index in [0.29, 0.717) is 0 Å². The van der Waals surface area contributed by atoms with E-state index in [2.05, 4.69) is 9.50 Å². The van der Waals surface area contributed by atoms with E-state index in [4.69, 9.17) is 28.2 Å². The van der Waals surface area contributed by atoms with Gasteiger partial charge in [0.25, 0.3) is 0 Å². The lowest BCUT2D eigenvalue weighted by molar-refractivity contribution is -0.353. The van der Waals surface area contributed by atoms with Crippen LogP contribution in [-0.4, -0.2) is 121 Å². The lowest BCUT2D eigenvalue weighted by Gasteiger charge is -2.46. The largest absolute Gasteiger partial charge is 0.479 e.